The van der Waals surface area contributed by atoms with Crippen LogP contribution in [-0.2, 0) is 25.5 Å². The van der Waals surface area contributed by atoms with Crippen LogP contribution in [0.25, 0.3) is 0 Å². The number of ether oxygens (including phenoxy) is 3. The van der Waals surface area contributed by atoms with E-state index in [2.05, 4.69) is 5.32 Å². The zero-order valence-corrected chi connectivity index (χ0v) is 18.4. The van der Waals surface area contributed by atoms with Crippen molar-refractivity contribution in [3.63, 3.8) is 0 Å². The molecule has 1 aliphatic rings. The average Bonchev–Trinajstić information content (AvgIpc) is 3.04. The quantitative estimate of drug-likeness (QED) is 0.419. The van der Waals surface area contributed by atoms with Gasteiger partial charge in [-0.2, -0.15) is 0 Å². The van der Waals surface area contributed by atoms with Crippen LogP contribution in [0.4, 0.5) is 0 Å². The Labute approximate surface area is 180 Å². The number of carbonyl (C=O) groups is 3. The Morgan fingerprint density at radius 2 is 1.87 bits per heavy atom. The largest absolute Gasteiger partial charge is 0.490 e. The molecule has 0 spiro atoms. The first-order valence-electron chi connectivity index (χ1n) is 9.95. The van der Waals surface area contributed by atoms with E-state index in [1.54, 1.807) is 6.92 Å². The summed E-state index contributed by atoms with van der Waals surface area (Å²) in [5.41, 5.74) is 0.998. The molecule has 30 heavy (non-hydrogen) atoms. The minimum absolute atomic E-state index is 0.134. The number of esters is 1. The first-order chi connectivity index (χ1) is 14.5. The van der Waals surface area contributed by atoms with Gasteiger partial charge in [0.1, 0.15) is 6.54 Å². The second-order valence-corrected chi connectivity index (χ2v) is 7.25. The van der Waals surface area contributed by atoms with Crippen LogP contribution in [0.3, 0.4) is 0 Å². The minimum atomic E-state index is -0.527. The van der Waals surface area contributed by atoms with Crippen LogP contribution in [-0.4, -0.2) is 61.3 Å². The first kappa shape index (κ1) is 23.6. The third kappa shape index (κ3) is 6.98. The maximum atomic E-state index is 12.3. The van der Waals surface area contributed by atoms with E-state index in [1.807, 2.05) is 32.0 Å². The van der Waals surface area contributed by atoms with Crippen LogP contribution in [0, 0.1) is 0 Å². The molecule has 2 rings (SSSR count). The lowest BCUT2D eigenvalue weighted by Gasteiger charge is -2.16. The lowest BCUT2D eigenvalue weighted by Crippen LogP contribution is -2.38. The smallest absolute Gasteiger partial charge is 0.333 e. The number of rotatable bonds is 11. The molecule has 1 aliphatic heterocycles. The summed E-state index contributed by atoms with van der Waals surface area (Å²) in [4.78, 5) is 37.3. The lowest BCUT2D eigenvalue weighted by molar-refractivity contribution is -0.137. The van der Waals surface area contributed by atoms with Crippen LogP contribution < -0.4 is 14.8 Å². The predicted octanol–water partition coefficient (Wildman–Crippen LogP) is 2.12. The highest BCUT2D eigenvalue weighted by atomic mass is 32.2. The minimum Gasteiger partial charge on any atom is -0.490 e. The number of nitrogens with zero attached hydrogens (tertiary/aromatic N) is 1. The van der Waals surface area contributed by atoms with E-state index >= 15 is 0 Å². The van der Waals surface area contributed by atoms with Crippen LogP contribution >= 0.6 is 11.8 Å². The molecule has 164 valence electrons. The Balaban J connectivity index is 1.89. The van der Waals surface area contributed by atoms with E-state index in [9.17, 15) is 14.4 Å². The summed E-state index contributed by atoms with van der Waals surface area (Å²) in [7, 11) is 0. The van der Waals surface area contributed by atoms with E-state index in [0.717, 1.165) is 5.56 Å². The van der Waals surface area contributed by atoms with Gasteiger partial charge in [-0.3, -0.25) is 14.5 Å². The van der Waals surface area contributed by atoms with Crippen LogP contribution in [0.5, 0.6) is 11.5 Å². The number of carbonyl (C=O) groups excluding carboxylic acids is 3. The Morgan fingerprint density at radius 1 is 1.13 bits per heavy atom. The number of benzene rings is 1. The van der Waals surface area contributed by atoms with E-state index in [1.165, 1.54) is 22.7 Å². The Bertz CT molecular complexity index is 796. The van der Waals surface area contributed by atoms with E-state index in [-0.39, 0.29) is 30.7 Å². The number of hydrogen-bond acceptors (Lipinski definition) is 7. The molecule has 8 nitrogen and oxygen atoms in total. The van der Waals surface area contributed by atoms with Gasteiger partial charge in [0.05, 0.1) is 36.7 Å². The molecule has 0 aliphatic carbocycles. The molecule has 0 atom stereocenters. The van der Waals surface area contributed by atoms with Crippen molar-refractivity contribution in [1.29, 1.82) is 0 Å². The van der Waals surface area contributed by atoms with Crippen molar-refractivity contribution in [3.8, 4) is 11.5 Å². The molecule has 0 unspecified atom stereocenters. The number of hydrogen-bond donors (Lipinski definition) is 1. The fourth-order valence-electron chi connectivity index (χ4n) is 2.78. The van der Waals surface area contributed by atoms with Crippen molar-refractivity contribution in [1.82, 2.24) is 10.2 Å². The summed E-state index contributed by atoms with van der Waals surface area (Å²) in [6.45, 7) is 7.13. The van der Waals surface area contributed by atoms with Gasteiger partial charge in [-0.1, -0.05) is 17.8 Å². The molecule has 1 aromatic carbocycles. The number of amides is 2. The van der Waals surface area contributed by atoms with Gasteiger partial charge in [0, 0.05) is 6.54 Å². The topological polar surface area (TPSA) is 94.2 Å². The molecule has 0 radical (unpaired) electrons. The summed E-state index contributed by atoms with van der Waals surface area (Å²) in [5.74, 6) is 0.538. The maximum Gasteiger partial charge on any atom is 0.333 e. The van der Waals surface area contributed by atoms with Gasteiger partial charge in [0.2, 0.25) is 11.8 Å². The SMILES string of the molecule is CCOC(=O)/C=C1\SCC(=O)N1CC(=O)NCCc1ccc(OCC)c(OCC)c1. The standard InChI is InChI=1S/C21H28N2O6S/c1-4-27-16-8-7-15(11-17(16)28-5-2)9-10-22-18(24)13-23-19(25)14-30-20(23)12-21(26)29-6-3/h7-8,11-12H,4-6,9-10,13-14H2,1-3H3,(H,22,24)/b20-12-. The molecule has 1 heterocycles. The summed E-state index contributed by atoms with van der Waals surface area (Å²) in [5, 5.41) is 3.24. The monoisotopic (exact) mass is 436 g/mol. The van der Waals surface area contributed by atoms with Gasteiger partial charge in [0.25, 0.3) is 0 Å². The molecule has 2 amide bonds. The van der Waals surface area contributed by atoms with Crippen molar-refractivity contribution in [2.75, 3.05) is 38.7 Å². The summed E-state index contributed by atoms with van der Waals surface area (Å²) in [6, 6.07) is 5.69. The number of nitrogens with one attached hydrogen (secondary N) is 1. The summed E-state index contributed by atoms with van der Waals surface area (Å²) < 4.78 is 16.0. The van der Waals surface area contributed by atoms with Gasteiger partial charge >= 0.3 is 5.97 Å². The molecule has 0 saturated carbocycles. The summed E-state index contributed by atoms with van der Waals surface area (Å²) in [6.07, 6.45) is 1.86. The maximum absolute atomic E-state index is 12.3. The number of thioether (sulfide) groups is 1. The molecule has 0 bridgehead atoms. The zero-order chi connectivity index (χ0) is 21.9. The molecular formula is C21H28N2O6S. The van der Waals surface area contributed by atoms with Gasteiger partial charge < -0.3 is 19.5 Å². The highest BCUT2D eigenvalue weighted by Crippen LogP contribution is 2.29. The van der Waals surface area contributed by atoms with Gasteiger partial charge in [-0.05, 0) is 44.9 Å². The molecule has 9 heteroatoms. The van der Waals surface area contributed by atoms with Crippen LogP contribution in [0.2, 0.25) is 0 Å². The van der Waals surface area contributed by atoms with Gasteiger partial charge in [-0.25, -0.2) is 4.79 Å². The van der Waals surface area contributed by atoms with Crippen molar-refractivity contribution < 1.29 is 28.6 Å². The van der Waals surface area contributed by atoms with Gasteiger partial charge in [-0.15, -0.1) is 0 Å². The average molecular weight is 437 g/mol. The second-order valence-electron chi connectivity index (χ2n) is 6.25. The van der Waals surface area contributed by atoms with E-state index < -0.39 is 5.97 Å². The molecule has 1 saturated heterocycles. The van der Waals surface area contributed by atoms with Gasteiger partial charge in [0.15, 0.2) is 11.5 Å². The normalized spacial score (nSPS) is 14.7. The predicted molar refractivity (Wildman–Crippen MR) is 114 cm³/mol. The van der Waals surface area contributed by atoms with Crippen molar-refractivity contribution >= 4 is 29.5 Å². The molecule has 1 fully saturated rings. The van der Waals surface area contributed by atoms with E-state index in [4.69, 9.17) is 14.2 Å². The molecule has 0 aromatic heterocycles. The second kappa shape index (κ2) is 12.1. The fourth-order valence-corrected chi connectivity index (χ4v) is 3.71. The third-order valence-electron chi connectivity index (χ3n) is 4.08. The lowest BCUT2D eigenvalue weighted by atomic mass is 10.1. The molecule has 1 aromatic rings. The van der Waals surface area contributed by atoms with Crippen LogP contribution in [0.1, 0.15) is 26.3 Å². The van der Waals surface area contributed by atoms with Crippen molar-refractivity contribution in [2.45, 2.75) is 27.2 Å². The first-order valence-corrected chi connectivity index (χ1v) is 10.9. The zero-order valence-electron chi connectivity index (χ0n) is 17.6. The Hall–Kier alpha value is -2.68. The highest BCUT2D eigenvalue weighted by molar-refractivity contribution is 8.04. The van der Waals surface area contributed by atoms with E-state index in [0.29, 0.717) is 42.7 Å². The summed E-state index contributed by atoms with van der Waals surface area (Å²) >= 11 is 1.22. The highest BCUT2D eigenvalue weighted by Gasteiger charge is 2.29. The Morgan fingerprint density at radius 3 is 2.57 bits per heavy atom. The fraction of sp³-hybridized carbons (Fsp3) is 0.476. The Kier molecular flexibility index (Phi) is 9.53. The third-order valence-corrected chi connectivity index (χ3v) is 5.11. The molecular weight excluding hydrogens is 408 g/mol. The van der Waals surface area contributed by atoms with Crippen molar-refractivity contribution in [3.05, 3.63) is 34.9 Å². The van der Waals surface area contributed by atoms with Crippen molar-refractivity contribution in [2.24, 2.45) is 0 Å². The van der Waals surface area contributed by atoms with Crippen LogP contribution in [0.15, 0.2) is 29.3 Å². The molecule has 1 N–H and O–H groups in total.